The number of carboxylic acids is 1. The van der Waals surface area contributed by atoms with Gasteiger partial charge in [-0.25, -0.2) is 0 Å². The second kappa shape index (κ2) is 5.91. The summed E-state index contributed by atoms with van der Waals surface area (Å²) in [6, 6.07) is 7.55. The van der Waals surface area contributed by atoms with E-state index < -0.39 is 5.97 Å². The van der Waals surface area contributed by atoms with Crippen molar-refractivity contribution in [2.24, 2.45) is 0 Å². The molecule has 0 saturated heterocycles. The molecule has 92 valence electrons. The molecule has 0 aliphatic carbocycles. The minimum Gasteiger partial charge on any atom is -0.481 e. The van der Waals surface area contributed by atoms with Crippen LogP contribution in [-0.4, -0.2) is 21.0 Å². The molecule has 2 aromatic heterocycles. The van der Waals surface area contributed by atoms with Gasteiger partial charge < -0.3 is 5.11 Å². The molecule has 0 fully saturated rings. The Kier molecular flexibility index (Phi) is 4.02. The number of carboxylic acid groups (broad SMARTS) is 1. The Morgan fingerprint density at radius 3 is 2.56 bits per heavy atom. The lowest BCUT2D eigenvalue weighted by Gasteiger charge is -2.14. The summed E-state index contributed by atoms with van der Waals surface area (Å²) in [5, 5.41) is 8.99. The predicted molar refractivity (Wildman–Crippen MR) is 67.2 cm³/mol. The van der Waals surface area contributed by atoms with Gasteiger partial charge in [-0.15, -0.1) is 0 Å². The number of nitrogens with zero attached hydrogens (tertiary/aromatic N) is 2. The predicted octanol–water partition coefficient (Wildman–Crippen LogP) is 2.28. The normalized spacial score (nSPS) is 12.0. The van der Waals surface area contributed by atoms with Crippen LogP contribution in [0, 0.1) is 0 Å². The fraction of sp³-hybridized carbons (Fsp3) is 0.214. The van der Waals surface area contributed by atoms with Crippen molar-refractivity contribution >= 4 is 5.97 Å². The number of aromatic nitrogens is 2. The van der Waals surface area contributed by atoms with Crippen LogP contribution < -0.4 is 0 Å². The maximum absolute atomic E-state index is 10.9. The van der Waals surface area contributed by atoms with Crippen LogP contribution in [0.1, 0.15) is 23.5 Å². The molecule has 1 unspecified atom stereocenters. The Labute approximate surface area is 105 Å². The highest BCUT2D eigenvalue weighted by molar-refractivity contribution is 5.68. The van der Waals surface area contributed by atoms with Gasteiger partial charge in [0.1, 0.15) is 0 Å². The molecule has 0 spiro atoms. The van der Waals surface area contributed by atoms with Crippen LogP contribution in [0.25, 0.3) is 0 Å². The standard InChI is InChI=1S/C14H14N2O2/c17-14(18)9-13(12-3-6-15-7-4-12)8-11-2-1-5-16-10-11/h1-7,10,13H,8-9H2,(H,17,18). The van der Waals surface area contributed by atoms with Gasteiger partial charge in [-0.3, -0.25) is 14.8 Å². The quantitative estimate of drug-likeness (QED) is 0.873. The summed E-state index contributed by atoms with van der Waals surface area (Å²) in [5.41, 5.74) is 2.04. The Hall–Kier alpha value is -2.23. The van der Waals surface area contributed by atoms with Gasteiger partial charge in [-0.2, -0.15) is 0 Å². The molecule has 1 N–H and O–H groups in total. The van der Waals surface area contributed by atoms with Crippen LogP contribution >= 0.6 is 0 Å². The largest absolute Gasteiger partial charge is 0.481 e. The SMILES string of the molecule is O=C(O)CC(Cc1cccnc1)c1ccncc1. The van der Waals surface area contributed by atoms with Crippen molar-refractivity contribution in [2.75, 3.05) is 0 Å². The van der Waals surface area contributed by atoms with Gasteiger partial charge in [-0.1, -0.05) is 6.07 Å². The molecular formula is C14H14N2O2. The fourth-order valence-electron chi connectivity index (χ4n) is 1.96. The van der Waals surface area contributed by atoms with Crippen LogP contribution in [0.3, 0.4) is 0 Å². The zero-order valence-corrected chi connectivity index (χ0v) is 9.86. The molecule has 0 radical (unpaired) electrons. The summed E-state index contributed by atoms with van der Waals surface area (Å²) >= 11 is 0. The monoisotopic (exact) mass is 242 g/mol. The molecule has 0 amide bonds. The lowest BCUT2D eigenvalue weighted by atomic mass is 9.90. The molecule has 2 aromatic rings. The topological polar surface area (TPSA) is 63.1 Å². The average Bonchev–Trinajstić information content (AvgIpc) is 2.40. The van der Waals surface area contributed by atoms with Crippen molar-refractivity contribution in [3.63, 3.8) is 0 Å². The van der Waals surface area contributed by atoms with E-state index in [-0.39, 0.29) is 12.3 Å². The molecule has 0 bridgehead atoms. The summed E-state index contributed by atoms with van der Waals surface area (Å²) in [6.45, 7) is 0. The fourth-order valence-corrected chi connectivity index (χ4v) is 1.96. The molecule has 0 saturated carbocycles. The highest BCUT2D eigenvalue weighted by atomic mass is 16.4. The van der Waals surface area contributed by atoms with E-state index in [0.717, 1.165) is 11.1 Å². The van der Waals surface area contributed by atoms with E-state index in [1.807, 2.05) is 24.3 Å². The minimum absolute atomic E-state index is 0.0466. The second-order valence-corrected chi connectivity index (χ2v) is 4.14. The van der Waals surface area contributed by atoms with Gasteiger partial charge in [0.15, 0.2) is 0 Å². The van der Waals surface area contributed by atoms with Gasteiger partial charge in [0.25, 0.3) is 0 Å². The summed E-state index contributed by atoms with van der Waals surface area (Å²) < 4.78 is 0. The van der Waals surface area contributed by atoms with Crippen molar-refractivity contribution in [3.8, 4) is 0 Å². The number of hydrogen-bond acceptors (Lipinski definition) is 3. The van der Waals surface area contributed by atoms with Gasteiger partial charge >= 0.3 is 5.97 Å². The highest BCUT2D eigenvalue weighted by Gasteiger charge is 2.16. The van der Waals surface area contributed by atoms with E-state index in [4.69, 9.17) is 5.11 Å². The summed E-state index contributed by atoms with van der Waals surface area (Å²) in [6.07, 6.45) is 7.64. The van der Waals surface area contributed by atoms with Crippen LogP contribution in [0.5, 0.6) is 0 Å². The smallest absolute Gasteiger partial charge is 0.303 e. The Morgan fingerprint density at radius 1 is 1.17 bits per heavy atom. The van der Waals surface area contributed by atoms with Crippen LogP contribution in [0.15, 0.2) is 49.1 Å². The molecule has 0 aromatic carbocycles. The van der Waals surface area contributed by atoms with Gasteiger partial charge in [-0.05, 0) is 41.7 Å². The molecule has 4 nitrogen and oxygen atoms in total. The van der Waals surface area contributed by atoms with E-state index in [2.05, 4.69) is 9.97 Å². The first-order chi connectivity index (χ1) is 8.75. The van der Waals surface area contributed by atoms with Crippen molar-refractivity contribution < 1.29 is 9.90 Å². The molecule has 18 heavy (non-hydrogen) atoms. The molecule has 2 heterocycles. The Bertz CT molecular complexity index is 500. The maximum atomic E-state index is 10.9. The van der Waals surface area contributed by atoms with Crippen LogP contribution in [-0.2, 0) is 11.2 Å². The molecular weight excluding hydrogens is 228 g/mol. The minimum atomic E-state index is -0.791. The van der Waals surface area contributed by atoms with E-state index in [0.29, 0.717) is 6.42 Å². The van der Waals surface area contributed by atoms with Crippen molar-refractivity contribution in [1.82, 2.24) is 9.97 Å². The number of rotatable bonds is 5. The van der Waals surface area contributed by atoms with E-state index in [9.17, 15) is 4.79 Å². The molecule has 2 rings (SSSR count). The van der Waals surface area contributed by atoms with Crippen LogP contribution in [0.2, 0.25) is 0 Å². The van der Waals surface area contributed by atoms with Gasteiger partial charge in [0.2, 0.25) is 0 Å². The average molecular weight is 242 g/mol. The summed E-state index contributed by atoms with van der Waals surface area (Å²) in [7, 11) is 0. The van der Waals surface area contributed by atoms with E-state index in [1.54, 1.807) is 24.8 Å². The first-order valence-electron chi connectivity index (χ1n) is 5.76. The number of pyridine rings is 2. The van der Waals surface area contributed by atoms with Gasteiger partial charge in [0, 0.05) is 24.8 Å². The zero-order valence-electron chi connectivity index (χ0n) is 9.86. The lowest BCUT2D eigenvalue weighted by molar-refractivity contribution is -0.137. The second-order valence-electron chi connectivity index (χ2n) is 4.14. The maximum Gasteiger partial charge on any atom is 0.303 e. The first-order valence-corrected chi connectivity index (χ1v) is 5.76. The van der Waals surface area contributed by atoms with Crippen molar-refractivity contribution in [1.29, 1.82) is 0 Å². The third-order valence-electron chi connectivity index (χ3n) is 2.80. The van der Waals surface area contributed by atoms with Crippen molar-refractivity contribution in [2.45, 2.75) is 18.8 Å². The molecule has 0 aliphatic rings. The molecule has 1 atom stereocenters. The van der Waals surface area contributed by atoms with E-state index >= 15 is 0 Å². The summed E-state index contributed by atoms with van der Waals surface area (Å²) in [4.78, 5) is 18.9. The highest BCUT2D eigenvalue weighted by Crippen LogP contribution is 2.23. The number of carbonyl (C=O) groups is 1. The lowest BCUT2D eigenvalue weighted by Crippen LogP contribution is -2.09. The number of aliphatic carboxylic acids is 1. The Morgan fingerprint density at radius 2 is 1.94 bits per heavy atom. The van der Waals surface area contributed by atoms with Crippen molar-refractivity contribution in [3.05, 3.63) is 60.2 Å². The third kappa shape index (κ3) is 3.38. The molecule has 4 heteroatoms. The van der Waals surface area contributed by atoms with E-state index in [1.165, 1.54) is 0 Å². The summed E-state index contributed by atoms with van der Waals surface area (Å²) in [5.74, 6) is -0.838. The number of hydrogen-bond donors (Lipinski definition) is 1. The molecule has 0 aliphatic heterocycles. The first kappa shape index (κ1) is 12.2. The van der Waals surface area contributed by atoms with Gasteiger partial charge in [0.05, 0.1) is 6.42 Å². The van der Waals surface area contributed by atoms with Crippen LogP contribution in [0.4, 0.5) is 0 Å². The Balaban J connectivity index is 2.18. The zero-order chi connectivity index (χ0) is 12.8. The third-order valence-corrected chi connectivity index (χ3v) is 2.80.